The molecule has 2 amide bonds. The predicted molar refractivity (Wildman–Crippen MR) is 116 cm³/mol. The van der Waals surface area contributed by atoms with Crippen molar-refractivity contribution in [1.29, 1.82) is 0 Å². The zero-order valence-corrected chi connectivity index (χ0v) is 17.1. The molecule has 1 heterocycles. The number of nitrogens with zero attached hydrogens (tertiary/aromatic N) is 1. The second kappa shape index (κ2) is 8.45. The normalized spacial score (nSPS) is 16.2. The molecule has 1 aliphatic heterocycles. The number of imide groups is 1. The van der Waals surface area contributed by atoms with E-state index in [2.05, 4.69) is 5.32 Å². The molecule has 1 N–H and O–H groups in total. The molecule has 0 spiro atoms. The number of rotatable bonds is 7. The molecular formula is C24H24N2O4. The van der Waals surface area contributed by atoms with Gasteiger partial charge in [-0.2, -0.15) is 0 Å². The summed E-state index contributed by atoms with van der Waals surface area (Å²) in [7, 11) is 3.17. The summed E-state index contributed by atoms with van der Waals surface area (Å²) in [6, 6.07) is 19.1. The molecule has 1 fully saturated rings. The fourth-order valence-electron chi connectivity index (χ4n) is 3.79. The van der Waals surface area contributed by atoms with Gasteiger partial charge in [0.1, 0.15) is 6.04 Å². The van der Waals surface area contributed by atoms with Crippen molar-refractivity contribution in [3.63, 3.8) is 0 Å². The Morgan fingerprint density at radius 3 is 2.47 bits per heavy atom. The van der Waals surface area contributed by atoms with Gasteiger partial charge in [0.25, 0.3) is 5.91 Å². The van der Waals surface area contributed by atoms with Crippen LogP contribution in [-0.2, 0) is 16.0 Å². The summed E-state index contributed by atoms with van der Waals surface area (Å²) in [6.45, 7) is 0.336. The highest BCUT2D eigenvalue weighted by molar-refractivity contribution is 6.07. The van der Waals surface area contributed by atoms with Gasteiger partial charge in [-0.25, -0.2) is 0 Å². The summed E-state index contributed by atoms with van der Waals surface area (Å²) in [5.74, 6) is 0.937. The largest absolute Gasteiger partial charge is 0.493 e. The molecule has 154 valence electrons. The topological polar surface area (TPSA) is 67.9 Å². The molecule has 6 heteroatoms. The minimum atomic E-state index is -0.538. The van der Waals surface area contributed by atoms with Gasteiger partial charge in [-0.3, -0.25) is 14.5 Å². The Labute approximate surface area is 175 Å². The number of anilines is 1. The maximum absolute atomic E-state index is 12.8. The molecule has 4 rings (SSSR count). The number of benzene rings is 3. The van der Waals surface area contributed by atoms with E-state index in [0.717, 1.165) is 22.0 Å². The van der Waals surface area contributed by atoms with E-state index < -0.39 is 6.04 Å². The van der Waals surface area contributed by atoms with E-state index in [0.29, 0.717) is 24.5 Å². The summed E-state index contributed by atoms with van der Waals surface area (Å²) < 4.78 is 10.6. The third-order valence-electron chi connectivity index (χ3n) is 5.41. The Balaban J connectivity index is 1.42. The van der Waals surface area contributed by atoms with E-state index in [4.69, 9.17) is 9.47 Å². The number of ether oxygens (including phenoxy) is 2. The first-order chi connectivity index (χ1) is 14.6. The summed E-state index contributed by atoms with van der Waals surface area (Å²) in [6.07, 6.45) is 0.720. The van der Waals surface area contributed by atoms with Crippen LogP contribution in [0.1, 0.15) is 12.0 Å². The van der Waals surface area contributed by atoms with Crippen LogP contribution in [0.2, 0.25) is 0 Å². The summed E-state index contributed by atoms with van der Waals surface area (Å²) in [5.41, 5.74) is 1.81. The standard InChI is InChI=1S/C24H24N2O4/c1-29-21-10-7-16(13-22(21)30-2)11-12-26-23(27)15-20(24(26)28)25-19-9-8-17-5-3-4-6-18(17)14-19/h3-10,13-14,20,25H,11-12,15H2,1-2H3/t20-/m0/s1. The lowest BCUT2D eigenvalue weighted by Gasteiger charge is -2.17. The molecule has 0 aromatic heterocycles. The number of amides is 2. The van der Waals surface area contributed by atoms with Gasteiger partial charge >= 0.3 is 0 Å². The lowest BCUT2D eigenvalue weighted by atomic mass is 10.1. The maximum Gasteiger partial charge on any atom is 0.252 e. The number of likely N-dealkylation sites (tertiary alicyclic amines) is 1. The first-order valence-corrected chi connectivity index (χ1v) is 9.89. The van der Waals surface area contributed by atoms with Crippen molar-refractivity contribution >= 4 is 28.3 Å². The third-order valence-corrected chi connectivity index (χ3v) is 5.41. The average molecular weight is 404 g/mol. The Kier molecular flexibility index (Phi) is 5.57. The fraction of sp³-hybridized carbons (Fsp3) is 0.250. The van der Waals surface area contributed by atoms with Crippen LogP contribution in [0.4, 0.5) is 5.69 Å². The van der Waals surface area contributed by atoms with Crippen molar-refractivity contribution in [3.05, 3.63) is 66.2 Å². The van der Waals surface area contributed by atoms with E-state index in [1.165, 1.54) is 4.90 Å². The number of carbonyl (C=O) groups excluding carboxylic acids is 2. The Bertz CT molecular complexity index is 1100. The van der Waals surface area contributed by atoms with Gasteiger partial charge in [0, 0.05) is 12.2 Å². The van der Waals surface area contributed by atoms with Crippen molar-refractivity contribution < 1.29 is 19.1 Å². The fourth-order valence-corrected chi connectivity index (χ4v) is 3.79. The number of hydrogen-bond acceptors (Lipinski definition) is 5. The molecular weight excluding hydrogens is 380 g/mol. The van der Waals surface area contributed by atoms with Gasteiger partial charge in [-0.05, 0) is 47.0 Å². The monoisotopic (exact) mass is 404 g/mol. The zero-order chi connectivity index (χ0) is 21.1. The Hall–Kier alpha value is -3.54. The Morgan fingerprint density at radius 1 is 0.933 bits per heavy atom. The van der Waals surface area contributed by atoms with Crippen LogP contribution in [0.3, 0.4) is 0 Å². The molecule has 1 atom stereocenters. The Morgan fingerprint density at radius 2 is 1.70 bits per heavy atom. The molecule has 0 unspecified atom stereocenters. The van der Waals surface area contributed by atoms with Crippen molar-refractivity contribution in [3.8, 4) is 11.5 Å². The molecule has 0 saturated carbocycles. The maximum atomic E-state index is 12.8. The summed E-state index contributed by atoms with van der Waals surface area (Å²) >= 11 is 0. The molecule has 0 radical (unpaired) electrons. The molecule has 30 heavy (non-hydrogen) atoms. The highest BCUT2D eigenvalue weighted by Crippen LogP contribution is 2.28. The number of carbonyl (C=O) groups is 2. The number of nitrogens with one attached hydrogen (secondary N) is 1. The lowest BCUT2D eigenvalue weighted by molar-refractivity contribution is -0.138. The smallest absolute Gasteiger partial charge is 0.252 e. The van der Waals surface area contributed by atoms with Crippen LogP contribution in [0.15, 0.2) is 60.7 Å². The third kappa shape index (κ3) is 3.94. The minimum Gasteiger partial charge on any atom is -0.493 e. The number of methoxy groups -OCH3 is 2. The first kappa shape index (κ1) is 19.8. The molecule has 3 aromatic rings. The molecule has 3 aromatic carbocycles. The average Bonchev–Trinajstić information content (AvgIpc) is 3.04. The van der Waals surface area contributed by atoms with Crippen LogP contribution in [-0.4, -0.2) is 43.5 Å². The summed E-state index contributed by atoms with van der Waals surface area (Å²) in [5, 5.41) is 5.45. The molecule has 6 nitrogen and oxygen atoms in total. The summed E-state index contributed by atoms with van der Waals surface area (Å²) in [4.78, 5) is 26.6. The molecule has 0 aliphatic carbocycles. The zero-order valence-electron chi connectivity index (χ0n) is 17.1. The van der Waals surface area contributed by atoms with Crippen LogP contribution in [0, 0.1) is 0 Å². The van der Waals surface area contributed by atoms with Crippen LogP contribution < -0.4 is 14.8 Å². The SMILES string of the molecule is COc1ccc(CCN2C(=O)C[C@H](Nc3ccc4ccccc4c3)C2=O)cc1OC. The number of fused-ring (bicyclic) bond motifs is 1. The van der Waals surface area contributed by atoms with Gasteiger partial charge in [-0.15, -0.1) is 0 Å². The van der Waals surface area contributed by atoms with Crippen molar-refractivity contribution in [2.45, 2.75) is 18.9 Å². The van der Waals surface area contributed by atoms with Crippen molar-refractivity contribution in [2.24, 2.45) is 0 Å². The van der Waals surface area contributed by atoms with Crippen LogP contribution in [0.5, 0.6) is 11.5 Å². The molecule has 1 aliphatic rings. The minimum absolute atomic E-state index is 0.154. The highest BCUT2D eigenvalue weighted by Gasteiger charge is 2.38. The van der Waals surface area contributed by atoms with E-state index in [1.807, 2.05) is 60.7 Å². The van der Waals surface area contributed by atoms with Crippen molar-refractivity contribution in [1.82, 2.24) is 4.90 Å². The van der Waals surface area contributed by atoms with Gasteiger partial charge in [-0.1, -0.05) is 36.4 Å². The van der Waals surface area contributed by atoms with Gasteiger partial charge in [0.15, 0.2) is 11.5 Å². The van der Waals surface area contributed by atoms with E-state index in [-0.39, 0.29) is 18.2 Å². The highest BCUT2D eigenvalue weighted by atomic mass is 16.5. The van der Waals surface area contributed by atoms with Gasteiger partial charge in [0.2, 0.25) is 5.91 Å². The van der Waals surface area contributed by atoms with E-state index in [9.17, 15) is 9.59 Å². The van der Waals surface area contributed by atoms with Gasteiger partial charge < -0.3 is 14.8 Å². The van der Waals surface area contributed by atoms with Gasteiger partial charge in [0.05, 0.1) is 20.6 Å². The number of hydrogen-bond donors (Lipinski definition) is 1. The molecule has 1 saturated heterocycles. The van der Waals surface area contributed by atoms with Crippen LogP contribution >= 0.6 is 0 Å². The van der Waals surface area contributed by atoms with Crippen molar-refractivity contribution in [2.75, 3.05) is 26.1 Å². The molecule has 0 bridgehead atoms. The quantitative estimate of drug-likeness (QED) is 0.609. The lowest BCUT2D eigenvalue weighted by Crippen LogP contribution is -2.36. The van der Waals surface area contributed by atoms with Crippen LogP contribution in [0.25, 0.3) is 10.8 Å². The predicted octanol–water partition coefficient (Wildman–Crippen LogP) is 3.64. The first-order valence-electron chi connectivity index (χ1n) is 9.89. The second-order valence-corrected chi connectivity index (χ2v) is 7.29. The van der Waals surface area contributed by atoms with E-state index in [1.54, 1.807) is 14.2 Å². The van der Waals surface area contributed by atoms with E-state index >= 15 is 0 Å². The second-order valence-electron chi connectivity index (χ2n) is 7.29.